The van der Waals surface area contributed by atoms with Crippen molar-refractivity contribution in [1.29, 1.82) is 0 Å². The van der Waals surface area contributed by atoms with Gasteiger partial charge >= 0.3 is 0 Å². The van der Waals surface area contributed by atoms with Gasteiger partial charge in [-0.25, -0.2) is 0 Å². The summed E-state index contributed by atoms with van der Waals surface area (Å²) in [6, 6.07) is 6.50. The van der Waals surface area contributed by atoms with Crippen molar-refractivity contribution in [3.05, 3.63) is 34.9 Å². The third-order valence-corrected chi connectivity index (χ3v) is 3.21. The van der Waals surface area contributed by atoms with E-state index in [1.54, 1.807) is 0 Å². The van der Waals surface area contributed by atoms with Gasteiger partial charge in [-0.1, -0.05) is 23.8 Å². The molecule has 2 rings (SSSR count). The lowest BCUT2D eigenvalue weighted by molar-refractivity contribution is -0.122. The van der Waals surface area contributed by atoms with Crippen molar-refractivity contribution in [3.8, 4) is 0 Å². The highest BCUT2D eigenvalue weighted by atomic mass is 16.2. The largest absolute Gasteiger partial charge is 0.349 e. The highest BCUT2D eigenvalue weighted by molar-refractivity contribution is 5.81. The Morgan fingerprint density at radius 1 is 1.38 bits per heavy atom. The van der Waals surface area contributed by atoms with Crippen LogP contribution in [0.15, 0.2) is 18.2 Å². The highest BCUT2D eigenvalue weighted by Crippen LogP contribution is 2.30. The van der Waals surface area contributed by atoms with E-state index in [4.69, 9.17) is 0 Å². The van der Waals surface area contributed by atoms with Gasteiger partial charge in [0, 0.05) is 5.92 Å². The van der Waals surface area contributed by atoms with Gasteiger partial charge in [-0.05, 0) is 44.7 Å². The van der Waals surface area contributed by atoms with Crippen LogP contribution >= 0.6 is 0 Å². The quantitative estimate of drug-likeness (QED) is 0.828. The summed E-state index contributed by atoms with van der Waals surface area (Å²) < 4.78 is 0. The molecule has 1 aromatic rings. The van der Waals surface area contributed by atoms with Gasteiger partial charge in [0.2, 0.25) is 5.91 Å². The number of nitrogens with one attached hydrogen (secondary N) is 1. The zero-order chi connectivity index (χ0) is 11.7. The number of carbonyl (C=O) groups excluding carboxylic acids is 1. The van der Waals surface area contributed by atoms with Crippen molar-refractivity contribution in [2.24, 2.45) is 5.92 Å². The molecule has 1 saturated carbocycles. The molecule has 1 atom stereocenters. The molecule has 1 aromatic carbocycles. The summed E-state index contributed by atoms with van der Waals surface area (Å²) in [6.45, 7) is 6.23. The van der Waals surface area contributed by atoms with Crippen molar-refractivity contribution in [2.75, 3.05) is 0 Å². The molecule has 0 aliphatic heterocycles. The van der Waals surface area contributed by atoms with Gasteiger partial charge in [0.15, 0.2) is 0 Å². The standard InChI is InChI=1S/C14H19NO/c1-9-4-5-10(2)13(8-9)11(3)15-14(16)12-6-7-12/h4-5,8,11-12H,6-7H2,1-3H3,(H,15,16)/t11-/m1/s1. The average Bonchev–Trinajstić information content (AvgIpc) is 3.04. The van der Waals surface area contributed by atoms with Gasteiger partial charge in [0.05, 0.1) is 6.04 Å². The Labute approximate surface area is 97.1 Å². The first-order valence-corrected chi connectivity index (χ1v) is 5.95. The Hall–Kier alpha value is -1.31. The third kappa shape index (κ3) is 2.43. The van der Waals surface area contributed by atoms with Gasteiger partial charge in [-0.15, -0.1) is 0 Å². The first kappa shape index (κ1) is 11.2. The van der Waals surface area contributed by atoms with Crippen LogP contribution in [0.3, 0.4) is 0 Å². The van der Waals surface area contributed by atoms with E-state index in [1.165, 1.54) is 16.7 Å². The second kappa shape index (κ2) is 4.28. The van der Waals surface area contributed by atoms with Gasteiger partial charge in [0.25, 0.3) is 0 Å². The van der Waals surface area contributed by atoms with Crippen LogP contribution < -0.4 is 5.32 Å². The number of amides is 1. The second-order valence-electron chi connectivity index (χ2n) is 4.86. The normalized spacial score (nSPS) is 16.9. The number of hydrogen-bond acceptors (Lipinski definition) is 1. The summed E-state index contributed by atoms with van der Waals surface area (Å²) in [5.41, 5.74) is 3.72. The molecule has 0 bridgehead atoms. The molecule has 2 nitrogen and oxygen atoms in total. The topological polar surface area (TPSA) is 29.1 Å². The molecule has 2 heteroatoms. The van der Waals surface area contributed by atoms with Crippen molar-refractivity contribution in [2.45, 2.75) is 39.7 Å². The van der Waals surface area contributed by atoms with Crippen LogP contribution in [-0.4, -0.2) is 5.91 Å². The van der Waals surface area contributed by atoms with E-state index < -0.39 is 0 Å². The Morgan fingerprint density at radius 3 is 2.69 bits per heavy atom. The van der Waals surface area contributed by atoms with Gasteiger partial charge in [0.1, 0.15) is 0 Å². The fourth-order valence-corrected chi connectivity index (χ4v) is 1.98. The first-order chi connectivity index (χ1) is 7.58. The predicted molar refractivity (Wildman–Crippen MR) is 65.2 cm³/mol. The van der Waals surface area contributed by atoms with E-state index in [1.807, 2.05) is 0 Å². The third-order valence-electron chi connectivity index (χ3n) is 3.21. The summed E-state index contributed by atoms with van der Waals surface area (Å²) in [5.74, 6) is 0.501. The van der Waals surface area contributed by atoms with Crippen LogP contribution in [0.1, 0.15) is 42.5 Å². The van der Waals surface area contributed by atoms with E-state index in [2.05, 4.69) is 44.3 Å². The molecule has 1 aliphatic carbocycles. The minimum atomic E-state index is 0.119. The second-order valence-corrected chi connectivity index (χ2v) is 4.86. The van der Waals surface area contributed by atoms with Crippen molar-refractivity contribution >= 4 is 5.91 Å². The molecular weight excluding hydrogens is 198 g/mol. The molecular formula is C14H19NO. The summed E-state index contributed by atoms with van der Waals surface area (Å²) in [7, 11) is 0. The molecule has 1 aliphatic rings. The van der Waals surface area contributed by atoms with Gasteiger partial charge < -0.3 is 5.32 Å². The van der Waals surface area contributed by atoms with E-state index in [-0.39, 0.29) is 17.9 Å². The maximum Gasteiger partial charge on any atom is 0.223 e. The molecule has 0 spiro atoms. The van der Waals surface area contributed by atoms with Crippen molar-refractivity contribution in [3.63, 3.8) is 0 Å². The zero-order valence-electron chi connectivity index (χ0n) is 10.2. The Balaban J connectivity index is 2.09. The van der Waals surface area contributed by atoms with Crippen LogP contribution in [0, 0.1) is 19.8 Å². The number of benzene rings is 1. The lowest BCUT2D eigenvalue weighted by Crippen LogP contribution is -2.28. The number of aryl methyl sites for hydroxylation is 2. The first-order valence-electron chi connectivity index (χ1n) is 5.95. The molecule has 1 N–H and O–H groups in total. The molecule has 0 aromatic heterocycles. The smallest absolute Gasteiger partial charge is 0.223 e. The van der Waals surface area contributed by atoms with E-state index >= 15 is 0 Å². The highest BCUT2D eigenvalue weighted by Gasteiger charge is 2.30. The van der Waals surface area contributed by atoms with E-state index in [0.717, 1.165) is 12.8 Å². The van der Waals surface area contributed by atoms with Crippen LogP contribution in [-0.2, 0) is 4.79 Å². The Morgan fingerprint density at radius 2 is 2.06 bits per heavy atom. The lowest BCUT2D eigenvalue weighted by Gasteiger charge is -2.17. The summed E-state index contributed by atoms with van der Waals surface area (Å²) in [4.78, 5) is 11.7. The summed E-state index contributed by atoms with van der Waals surface area (Å²) in [5, 5.41) is 3.09. The maximum atomic E-state index is 11.7. The monoisotopic (exact) mass is 217 g/mol. The molecule has 16 heavy (non-hydrogen) atoms. The van der Waals surface area contributed by atoms with E-state index in [0.29, 0.717) is 0 Å². The van der Waals surface area contributed by atoms with Crippen LogP contribution in [0.2, 0.25) is 0 Å². The molecule has 1 fully saturated rings. The Bertz CT molecular complexity index is 407. The minimum Gasteiger partial charge on any atom is -0.349 e. The molecule has 0 heterocycles. The average molecular weight is 217 g/mol. The van der Waals surface area contributed by atoms with Gasteiger partial charge in [-0.2, -0.15) is 0 Å². The number of rotatable bonds is 3. The fraction of sp³-hybridized carbons (Fsp3) is 0.500. The number of hydrogen-bond donors (Lipinski definition) is 1. The van der Waals surface area contributed by atoms with Crippen LogP contribution in [0.5, 0.6) is 0 Å². The summed E-state index contributed by atoms with van der Waals surface area (Å²) in [6.07, 6.45) is 2.12. The van der Waals surface area contributed by atoms with Crippen LogP contribution in [0.25, 0.3) is 0 Å². The predicted octanol–water partition coefficient (Wildman–Crippen LogP) is 2.89. The minimum absolute atomic E-state index is 0.119. The van der Waals surface area contributed by atoms with Crippen molar-refractivity contribution in [1.82, 2.24) is 5.32 Å². The molecule has 0 saturated heterocycles. The molecule has 1 amide bonds. The number of carbonyl (C=O) groups is 1. The van der Waals surface area contributed by atoms with Gasteiger partial charge in [-0.3, -0.25) is 4.79 Å². The summed E-state index contributed by atoms with van der Waals surface area (Å²) >= 11 is 0. The Kier molecular flexibility index (Phi) is 2.99. The maximum absolute atomic E-state index is 11.7. The molecule has 0 radical (unpaired) electrons. The molecule has 0 unspecified atom stereocenters. The SMILES string of the molecule is Cc1ccc(C)c([C@@H](C)NC(=O)C2CC2)c1. The van der Waals surface area contributed by atoms with E-state index in [9.17, 15) is 4.79 Å². The van der Waals surface area contributed by atoms with Crippen molar-refractivity contribution < 1.29 is 4.79 Å². The zero-order valence-corrected chi connectivity index (χ0v) is 10.2. The fourth-order valence-electron chi connectivity index (χ4n) is 1.98. The molecule has 86 valence electrons. The lowest BCUT2D eigenvalue weighted by atomic mass is 10.00. The van der Waals surface area contributed by atoms with Crippen LogP contribution in [0.4, 0.5) is 0 Å².